The second-order valence-electron chi connectivity index (χ2n) is 5.30. The Morgan fingerprint density at radius 1 is 1.40 bits per heavy atom. The van der Waals surface area contributed by atoms with Crippen molar-refractivity contribution in [3.05, 3.63) is 50.6 Å². The molecule has 0 bridgehead atoms. The second-order valence-corrected chi connectivity index (χ2v) is 7.60. The molecule has 3 rings (SSSR count). The maximum Gasteiger partial charge on any atom is 0.263 e. The summed E-state index contributed by atoms with van der Waals surface area (Å²) in [4.78, 5) is 31.5. The predicted octanol–water partition coefficient (Wildman–Crippen LogP) is 4.03. The number of aromatic nitrogens is 2. The zero-order chi connectivity index (χ0) is 18.0. The van der Waals surface area contributed by atoms with Gasteiger partial charge >= 0.3 is 0 Å². The Kier molecular flexibility index (Phi) is 5.46. The van der Waals surface area contributed by atoms with Crippen molar-refractivity contribution in [3.8, 4) is 0 Å². The van der Waals surface area contributed by atoms with Gasteiger partial charge in [0, 0.05) is 4.88 Å². The molecule has 1 amide bonds. The molecule has 1 aromatic carbocycles. The Hall–Kier alpha value is -1.83. The minimum Gasteiger partial charge on any atom is -0.323 e. The van der Waals surface area contributed by atoms with Gasteiger partial charge in [-0.25, -0.2) is 4.98 Å². The fourth-order valence-corrected chi connectivity index (χ4v) is 4.16. The summed E-state index contributed by atoms with van der Waals surface area (Å²) in [6.45, 7) is 1.93. The number of hydrogen-bond acceptors (Lipinski definition) is 5. The van der Waals surface area contributed by atoms with E-state index in [2.05, 4.69) is 10.3 Å². The van der Waals surface area contributed by atoms with Crippen LogP contribution in [-0.2, 0) is 17.8 Å². The highest BCUT2D eigenvalue weighted by Gasteiger charge is 2.16. The molecule has 5 nitrogen and oxygen atoms in total. The summed E-state index contributed by atoms with van der Waals surface area (Å²) in [6, 6.07) is 8.84. The molecule has 2 aromatic heterocycles. The van der Waals surface area contributed by atoms with Crippen LogP contribution >= 0.6 is 34.7 Å². The number of nitrogens with one attached hydrogen (secondary N) is 1. The largest absolute Gasteiger partial charge is 0.323 e. The predicted molar refractivity (Wildman–Crippen MR) is 105 cm³/mol. The van der Waals surface area contributed by atoms with E-state index >= 15 is 0 Å². The molecule has 130 valence electrons. The van der Waals surface area contributed by atoms with Gasteiger partial charge in [-0.1, -0.05) is 42.4 Å². The summed E-state index contributed by atoms with van der Waals surface area (Å²) >= 11 is 8.92. The quantitative estimate of drug-likeness (QED) is 0.525. The number of thiophene rings is 1. The number of amides is 1. The summed E-state index contributed by atoms with van der Waals surface area (Å²) in [5.74, 6) is -0.322. The van der Waals surface area contributed by atoms with E-state index in [1.807, 2.05) is 19.2 Å². The van der Waals surface area contributed by atoms with Gasteiger partial charge in [-0.2, -0.15) is 0 Å². The van der Waals surface area contributed by atoms with Crippen LogP contribution in [0.2, 0.25) is 5.02 Å². The number of carbonyl (C=O) groups excluding carboxylic acids is 1. The zero-order valence-corrected chi connectivity index (χ0v) is 16.1. The number of fused-ring (bicyclic) bond motifs is 1. The molecule has 0 unspecified atom stereocenters. The monoisotopic (exact) mass is 393 g/mol. The van der Waals surface area contributed by atoms with E-state index in [1.165, 1.54) is 27.7 Å². The lowest BCUT2D eigenvalue weighted by atomic mass is 10.3. The maximum absolute atomic E-state index is 12.8. The van der Waals surface area contributed by atoms with Crippen LogP contribution in [0.1, 0.15) is 11.8 Å². The van der Waals surface area contributed by atoms with Crippen molar-refractivity contribution in [1.82, 2.24) is 9.55 Å². The minimum absolute atomic E-state index is 0.111. The molecule has 1 N–H and O–H groups in total. The van der Waals surface area contributed by atoms with Crippen molar-refractivity contribution in [2.75, 3.05) is 11.6 Å². The second kappa shape index (κ2) is 7.59. The van der Waals surface area contributed by atoms with Crippen LogP contribution in [0.5, 0.6) is 0 Å². The molecule has 8 heteroatoms. The number of rotatable bonds is 5. The number of nitrogens with zero attached hydrogens (tertiary/aromatic N) is 2. The number of para-hydroxylation sites is 1. The maximum atomic E-state index is 12.8. The first-order chi connectivity index (χ1) is 12.0. The summed E-state index contributed by atoms with van der Waals surface area (Å²) in [6.07, 6.45) is 2.69. The van der Waals surface area contributed by atoms with Gasteiger partial charge in [0.1, 0.15) is 11.4 Å². The summed E-state index contributed by atoms with van der Waals surface area (Å²) < 4.78 is 1.41. The Morgan fingerprint density at radius 2 is 2.16 bits per heavy atom. The summed E-state index contributed by atoms with van der Waals surface area (Å²) in [7, 11) is 0. The number of aryl methyl sites for hydroxylation is 1. The van der Waals surface area contributed by atoms with Gasteiger partial charge in [0.2, 0.25) is 5.91 Å². The van der Waals surface area contributed by atoms with E-state index in [0.29, 0.717) is 26.1 Å². The van der Waals surface area contributed by atoms with Crippen molar-refractivity contribution in [3.63, 3.8) is 0 Å². The molecule has 25 heavy (non-hydrogen) atoms. The lowest BCUT2D eigenvalue weighted by Gasteiger charge is -2.11. The van der Waals surface area contributed by atoms with Crippen molar-refractivity contribution in [1.29, 1.82) is 0 Å². The number of anilines is 1. The van der Waals surface area contributed by atoms with Gasteiger partial charge in [0.15, 0.2) is 5.16 Å². The number of hydrogen-bond donors (Lipinski definition) is 1. The van der Waals surface area contributed by atoms with Crippen LogP contribution in [0.25, 0.3) is 10.2 Å². The first-order valence-corrected chi connectivity index (χ1v) is 10.1. The molecule has 0 saturated carbocycles. The first kappa shape index (κ1) is 18.0. The van der Waals surface area contributed by atoms with Crippen LogP contribution in [0.15, 0.2) is 40.3 Å². The molecule has 0 aliphatic carbocycles. The smallest absolute Gasteiger partial charge is 0.263 e. The van der Waals surface area contributed by atoms with Gasteiger partial charge in [-0.05, 0) is 30.9 Å². The molecule has 0 aliphatic heterocycles. The van der Waals surface area contributed by atoms with Crippen LogP contribution in [0.3, 0.4) is 0 Å². The SMILES string of the molecule is CCc1cc2c(=O)n(CC(=O)Nc3ccccc3Cl)c(SC)nc2s1. The highest BCUT2D eigenvalue weighted by Crippen LogP contribution is 2.24. The molecule has 3 aromatic rings. The van der Waals surface area contributed by atoms with Gasteiger partial charge < -0.3 is 5.32 Å². The third-order valence-electron chi connectivity index (χ3n) is 3.65. The van der Waals surface area contributed by atoms with E-state index in [-0.39, 0.29) is 18.0 Å². The Balaban J connectivity index is 1.94. The zero-order valence-electron chi connectivity index (χ0n) is 13.7. The van der Waals surface area contributed by atoms with Crippen LogP contribution in [0.4, 0.5) is 5.69 Å². The van der Waals surface area contributed by atoms with Gasteiger partial charge in [-0.3, -0.25) is 14.2 Å². The lowest BCUT2D eigenvalue weighted by Crippen LogP contribution is -2.29. The highest BCUT2D eigenvalue weighted by molar-refractivity contribution is 7.98. The summed E-state index contributed by atoms with van der Waals surface area (Å²) in [5, 5.41) is 4.27. The van der Waals surface area contributed by atoms with Crippen molar-refractivity contribution >= 4 is 56.5 Å². The Bertz CT molecular complexity index is 997. The number of carbonyl (C=O) groups is 1. The van der Waals surface area contributed by atoms with E-state index < -0.39 is 0 Å². The number of benzene rings is 1. The molecule has 0 spiro atoms. The topological polar surface area (TPSA) is 64.0 Å². The van der Waals surface area contributed by atoms with Crippen LogP contribution < -0.4 is 10.9 Å². The molecular weight excluding hydrogens is 378 g/mol. The molecule has 0 aliphatic rings. The average Bonchev–Trinajstić information content (AvgIpc) is 3.03. The molecule has 0 fully saturated rings. The fraction of sp³-hybridized carbons (Fsp3) is 0.235. The van der Waals surface area contributed by atoms with E-state index in [4.69, 9.17) is 11.6 Å². The third kappa shape index (κ3) is 3.73. The average molecular weight is 394 g/mol. The standard InChI is InChI=1S/C17H16ClN3O2S2/c1-3-10-8-11-15(25-10)20-17(24-2)21(16(11)23)9-14(22)19-13-7-5-4-6-12(13)18/h4-8H,3,9H2,1-2H3,(H,19,22). The van der Waals surface area contributed by atoms with Crippen molar-refractivity contribution < 1.29 is 4.79 Å². The van der Waals surface area contributed by atoms with E-state index in [9.17, 15) is 9.59 Å². The normalized spacial score (nSPS) is 11.0. The molecule has 0 atom stereocenters. The van der Waals surface area contributed by atoms with Crippen molar-refractivity contribution in [2.45, 2.75) is 25.0 Å². The molecule has 0 radical (unpaired) electrons. The summed E-state index contributed by atoms with van der Waals surface area (Å²) in [5.41, 5.74) is 0.324. The highest BCUT2D eigenvalue weighted by atomic mass is 35.5. The van der Waals surface area contributed by atoms with Crippen molar-refractivity contribution in [2.24, 2.45) is 0 Å². The van der Waals surface area contributed by atoms with Crippen LogP contribution in [0, 0.1) is 0 Å². The first-order valence-electron chi connectivity index (χ1n) is 7.65. The Labute approximate surface area is 158 Å². The van der Waals surface area contributed by atoms with Gasteiger partial charge in [0.25, 0.3) is 5.56 Å². The Morgan fingerprint density at radius 3 is 2.84 bits per heavy atom. The minimum atomic E-state index is -0.322. The molecular formula is C17H16ClN3O2S2. The van der Waals surface area contributed by atoms with Crippen LogP contribution in [-0.4, -0.2) is 21.7 Å². The number of thioether (sulfide) groups is 1. The van der Waals surface area contributed by atoms with E-state index in [1.54, 1.807) is 24.3 Å². The van der Waals surface area contributed by atoms with E-state index in [0.717, 1.165) is 11.3 Å². The fourth-order valence-electron chi connectivity index (χ4n) is 2.41. The van der Waals surface area contributed by atoms with Gasteiger partial charge in [0.05, 0.1) is 16.1 Å². The number of halogens is 1. The molecule has 2 heterocycles. The third-order valence-corrected chi connectivity index (χ3v) is 5.83. The lowest BCUT2D eigenvalue weighted by molar-refractivity contribution is -0.116. The molecule has 0 saturated heterocycles. The van der Waals surface area contributed by atoms with Gasteiger partial charge in [-0.15, -0.1) is 11.3 Å².